The van der Waals surface area contributed by atoms with Crippen LogP contribution >= 0.6 is 11.6 Å². The Morgan fingerprint density at radius 3 is 2.50 bits per heavy atom. The van der Waals surface area contributed by atoms with Gasteiger partial charge in [-0.3, -0.25) is 0 Å². The molecular formula is C16H15ClO3. The Morgan fingerprint density at radius 1 is 1.20 bits per heavy atom. The van der Waals surface area contributed by atoms with Crippen molar-refractivity contribution in [2.24, 2.45) is 0 Å². The molecule has 0 amide bonds. The summed E-state index contributed by atoms with van der Waals surface area (Å²) in [5, 5.41) is 9.73. The lowest BCUT2D eigenvalue weighted by atomic mass is 10.00. The fourth-order valence-electron chi connectivity index (χ4n) is 1.89. The number of benzene rings is 2. The summed E-state index contributed by atoms with van der Waals surface area (Å²) in [4.78, 5) is 11.2. The van der Waals surface area contributed by atoms with Crippen LogP contribution in [0.4, 0.5) is 0 Å². The van der Waals surface area contributed by atoms with Crippen molar-refractivity contribution < 1.29 is 14.6 Å². The fraction of sp³-hybridized carbons (Fsp3) is 0.188. The molecule has 0 aliphatic heterocycles. The molecule has 2 aromatic carbocycles. The Labute approximate surface area is 122 Å². The standard InChI is InChI=1S/C16H15ClO3/c1-2-9-20-13-6-3-11(4-7-13)15-10-12(17)5-8-14(15)16(18)19/h3-8,10H,2,9H2,1H3,(H,18,19). The van der Waals surface area contributed by atoms with Crippen LogP contribution in [0, 0.1) is 0 Å². The van der Waals surface area contributed by atoms with Crippen LogP contribution in [-0.4, -0.2) is 17.7 Å². The highest BCUT2D eigenvalue weighted by Crippen LogP contribution is 2.28. The predicted octanol–water partition coefficient (Wildman–Crippen LogP) is 4.49. The quantitative estimate of drug-likeness (QED) is 0.882. The average Bonchev–Trinajstić information content (AvgIpc) is 2.45. The van der Waals surface area contributed by atoms with E-state index in [1.807, 2.05) is 31.2 Å². The Hall–Kier alpha value is -2.00. The first-order valence-corrected chi connectivity index (χ1v) is 6.75. The van der Waals surface area contributed by atoms with E-state index in [0.717, 1.165) is 17.7 Å². The van der Waals surface area contributed by atoms with Crippen LogP contribution in [0.1, 0.15) is 23.7 Å². The Balaban J connectivity index is 2.36. The number of hydrogen-bond acceptors (Lipinski definition) is 2. The maximum atomic E-state index is 11.2. The number of carbonyl (C=O) groups is 1. The highest BCUT2D eigenvalue weighted by Gasteiger charge is 2.12. The number of halogens is 1. The van der Waals surface area contributed by atoms with Gasteiger partial charge in [-0.15, -0.1) is 0 Å². The zero-order valence-electron chi connectivity index (χ0n) is 11.1. The molecule has 4 heteroatoms. The minimum absolute atomic E-state index is 0.233. The first-order chi connectivity index (χ1) is 9.61. The Morgan fingerprint density at radius 2 is 1.90 bits per heavy atom. The van der Waals surface area contributed by atoms with Crippen molar-refractivity contribution in [3.63, 3.8) is 0 Å². The summed E-state index contributed by atoms with van der Waals surface area (Å²) in [6.45, 7) is 2.70. The number of rotatable bonds is 5. The molecule has 0 atom stereocenters. The normalized spacial score (nSPS) is 10.3. The molecule has 104 valence electrons. The van der Waals surface area contributed by atoms with Gasteiger partial charge in [0.25, 0.3) is 0 Å². The summed E-state index contributed by atoms with van der Waals surface area (Å²) in [6, 6.07) is 12.1. The summed E-state index contributed by atoms with van der Waals surface area (Å²) in [7, 11) is 0. The summed E-state index contributed by atoms with van der Waals surface area (Å²) in [6.07, 6.45) is 0.944. The van der Waals surface area contributed by atoms with E-state index in [0.29, 0.717) is 17.2 Å². The van der Waals surface area contributed by atoms with Gasteiger partial charge in [-0.25, -0.2) is 4.79 Å². The zero-order valence-corrected chi connectivity index (χ0v) is 11.9. The topological polar surface area (TPSA) is 46.5 Å². The van der Waals surface area contributed by atoms with Gasteiger partial charge in [0, 0.05) is 5.02 Å². The van der Waals surface area contributed by atoms with E-state index >= 15 is 0 Å². The molecule has 0 heterocycles. The molecular weight excluding hydrogens is 276 g/mol. The van der Waals surface area contributed by atoms with Crippen molar-refractivity contribution in [2.75, 3.05) is 6.61 Å². The van der Waals surface area contributed by atoms with Gasteiger partial charge in [0.05, 0.1) is 12.2 Å². The molecule has 0 spiro atoms. The van der Waals surface area contributed by atoms with Crippen molar-refractivity contribution in [2.45, 2.75) is 13.3 Å². The largest absolute Gasteiger partial charge is 0.494 e. The lowest BCUT2D eigenvalue weighted by Gasteiger charge is -2.09. The molecule has 0 aliphatic carbocycles. The van der Waals surface area contributed by atoms with Gasteiger partial charge in [-0.1, -0.05) is 30.7 Å². The lowest BCUT2D eigenvalue weighted by molar-refractivity contribution is 0.0698. The van der Waals surface area contributed by atoms with E-state index in [1.54, 1.807) is 12.1 Å². The van der Waals surface area contributed by atoms with E-state index in [-0.39, 0.29) is 5.56 Å². The molecule has 0 radical (unpaired) electrons. The van der Waals surface area contributed by atoms with Gasteiger partial charge in [0.1, 0.15) is 5.75 Å². The minimum atomic E-state index is -0.969. The van der Waals surface area contributed by atoms with Crippen LogP contribution in [0.15, 0.2) is 42.5 Å². The van der Waals surface area contributed by atoms with Gasteiger partial charge >= 0.3 is 5.97 Å². The van der Waals surface area contributed by atoms with Crippen LogP contribution in [0.25, 0.3) is 11.1 Å². The number of aromatic carboxylic acids is 1. The zero-order chi connectivity index (χ0) is 14.5. The van der Waals surface area contributed by atoms with Gasteiger partial charge in [0.15, 0.2) is 0 Å². The van der Waals surface area contributed by atoms with Gasteiger partial charge in [-0.05, 0) is 47.9 Å². The van der Waals surface area contributed by atoms with Crippen LogP contribution in [0.5, 0.6) is 5.75 Å². The summed E-state index contributed by atoms with van der Waals surface area (Å²) < 4.78 is 5.51. The minimum Gasteiger partial charge on any atom is -0.494 e. The van der Waals surface area contributed by atoms with E-state index < -0.39 is 5.97 Å². The monoisotopic (exact) mass is 290 g/mol. The van der Waals surface area contributed by atoms with Crippen LogP contribution in [0.2, 0.25) is 5.02 Å². The average molecular weight is 291 g/mol. The van der Waals surface area contributed by atoms with Gasteiger partial charge in [-0.2, -0.15) is 0 Å². The van der Waals surface area contributed by atoms with E-state index in [9.17, 15) is 9.90 Å². The Kier molecular flexibility index (Phi) is 4.64. The number of ether oxygens (including phenoxy) is 1. The molecule has 0 saturated heterocycles. The van der Waals surface area contributed by atoms with Gasteiger partial charge < -0.3 is 9.84 Å². The smallest absolute Gasteiger partial charge is 0.336 e. The van der Waals surface area contributed by atoms with Crippen molar-refractivity contribution in [1.82, 2.24) is 0 Å². The van der Waals surface area contributed by atoms with E-state index in [1.165, 1.54) is 6.07 Å². The van der Waals surface area contributed by atoms with Gasteiger partial charge in [0.2, 0.25) is 0 Å². The molecule has 0 unspecified atom stereocenters. The molecule has 20 heavy (non-hydrogen) atoms. The lowest BCUT2D eigenvalue weighted by Crippen LogP contribution is -1.99. The maximum absolute atomic E-state index is 11.2. The molecule has 1 N–H and O–H groups in total. The second-order valence-electron chi connectivity index (χ2n) is 4.37. The third-order valence-corrected chi connectivity index (χ3v) is 3.09. The third kappa shape index (κ3) is 3.31. The molecule has 0 fully saturated rings. The van der Waals surface area contributed by atoms with Crippen LogP contribution in [-0.2, 0) is 0 Å². The fourth-order valence-corrected chi connectivity index (χ4v) is 2.06. The molecule has 0 saturated carbocycles. The first kappa shape index (κ1) is 14.4. The molecule has 0 aliphatic rings. The van der Waals surface area contributed by atoms with Crippen molar-refractivity contribution in [1.29, 1.82) is 0 Å². The van der Waals surface area contributed by atoms with E-state index in [4.69, 9.17) is 16.3 Å². The van der Waals surface area contributed by atoms with Crippen molar-refractivity contribution in [3.8, 4) is 16.9 Å². The SMILES string of the molecule is CCCOc1ccc(-c2cc(Cl)ccc2C(=O)O)cc1. The third-order valence-electron chi connectivity index (χ3n) is 2.85. The molecule has 2 aromatic rings. The molecule has 0 bridgehead atoms. The van der Waals surface area contributed by atoms with Crippen LogP contribution < -0.4 is 4.74 Å². The summed E-state index contributed by atoms with van der Waals surface area (Å²) >= 11 is 5.95. The summed E-state index contributed by atoms with van der Waals surface area (Å²) in [5.74, 6) is -0.197. The predicted molar refractivity (Wildman–Crippen MR) is 79.6 cm³/mol. The Bertz CT molecular complexity index is 606. The molecule has 2 rings (SSSR count). The number of carboxylic acid groups (broad SMARTS) is 1. The van der Waals surface area contributed by atoms with Crippen molar-refractivity contribution >= 4 is 17.6 Å². The number of hydrogen-bond donors (Lipinski definition) is 1. The van der Waals surface area contributed by atoms with Crippen molar-refractivity contribution in [3.05, 3.63) is 53.1 Å². The van der Waals surface area contributed by atoms with E-state index in [2.05, 4.69) is 0 Å². The molecule has 3 nitrogen and oxygen atoms in total. The second kappa shape index (κ2) is 6.44. The highest BCUT2D eigenvalue weighted by atomic mass is 35.5. The summed E-state index contributed by atoms with van der Waals surface area (Å²) in [5.41, 5.74) is 1.64. The second-order valence-corrected chi connectivity index (χ2v) is 4.80. The number of carboxylic acids is 1. The maximum Gasteiger partial charge on any atom is 0.336 e. The highest BCUT2D eigenvalue weighted by molar-refractivity contribution is 6.31. The van der Waals surface area contributed by atoms with Crippen LogP contribution in [0.3, 0.4) is 0 Å². The first-order valence-electron chi connectivity index (χ1n) is 6.38. The molecule has 0 aromatic heterocycles.